The molecule has 2 aromatic rings. The highest BCUT2D eigenvalue weighted by molar-refractivity contribution is 5.76. The van der Waals surface area contributed by atoms with Crippen molar-refractivity contribution in [1.82, 2.24) is 0 Å². The van der Waals surface area contributed by atoms with E-state index in [-0.39, 0.29) is 5.70 Å². The standard InChI is InChI=1S/C14H10FNO2/c15-13-8-4-5-11(9-13)10-14(16(17)18)12-6-2-1-3-7-12/h1-10H. The van der Waals surface area contributed by atoms with Crippen LogP contribution in [0.2, 0.25) is 0 Å². The van der Waals surface area contributed by atoms with Gasteiger partial charge in [-0.25, -0.2) is 4.39 Å². The van der Waals surface area contributed by atoms with Crippen LogP contribution in [0, 0.1) is 15.9 Å². The third-order valence-corrected chi connectivity index (χ3v) is 2.42. The molecule has 0 aliphatic heterocycles. The lowest BCUT2D eigenvalue weighted by molar-refractivity contribution is -0.374. The zero-order valence-corrected chi connectivity index (χ0v) is 9.42. The summed E-state index contributed by atoms with van der Waals surface area (Å²) in [4.78, 5) is 10.6. The van der Waals surface area contributed by atoms with Gasteiger partial charge in [0.2, 0.25) is 0 Å². The Hall–Kier alpha value is -2.49. The molecule has 0 aliphatic carbocycles. The highest BCUT2D eigenvalue weighted by Gasteiger charge is 2.13. The molecule has 2 rings (SSSR count). The third kappa shape index (κ3) is 2.79. The van der Waals surface area contributed by atoms with Gasteiger partial charge in [0, 0.05) is 6.08 Å². The van der Waals surface area contributed by atoms with Crippen molar-refractivity contribution in [3.8, 4) is 0 Å². The summed E-state index contributed by atoms with van der Waals surface area (Å²) in [5.41, 5.74) is 0.901. The molecule has 4 heteroatoms. The van der Waals surface area contributed by atoms with Gasteiger partial charge in [-0.2, -0.15) is 0 Å². The molecule has 0 heterocycles. The quantitative estimate of drug-likeness (QED) is 0.469. The Bertz CT molecular complexity index is 594. The highest BCUT2D eigenvalue weighted by atomic mass is 19.1. The van der Waals surface area contributed by atoms with Gasteiger partial charge in [0.1, 0.15) is 5.82 Å². The molecule has 0 aromatic heterocycles. The lowest BCUT2D eigenvalue weighted by atomic mass is 10.1. The Morgan fingerprint density at radius 3 is 2.44 bits per heavy atom. The number of nitro groups is 1. The van der Waals surface area contributed by atoms with Crippen molar-refractivity contribution in [3.63, 3.8) is 0 Å². The first-order valence-corrected chi connectivity index (χ1v) is 5.34. The van der Waals surface area contributed by atoms with Gasteiger partial charge in [0.05, 0.1) is 10.5 Å². The predicted molar refractivity (Wildman–Crippen MR) is 67.7 cm³/mol. The van der Waals surface area contributed by atoms with Crippen LogP contribution in [0.25, 0.3) is 11.8 Å². The first-order chi connectivity index (χ1) is 8.66. The molecule has 90 valence electrons. The van der Waals surface area contributed by atoms with Crippen LogP contribution in [0.5, 0.6) is 0 Å². The third-order valence-electron chi connectivity index (χ3n) is 2.42. The summed E-state index contributed by atoms with van der Waals surface area (Å²) in [6.07, 6.45) is 1.36. The molecule has 0 aliphatic rings. The van der Waals surface area contributed by atoms with E-state index in [0.29, 0.717) is 11.1 Å². The van der Waals surface area contributed by atoms with E-state index < -0.39 is 10.7 Å². The van der Waals surface area contributed by atoms with E-state index in [9.17, 15) is 14.5 Å². The summed E-state index contributed by atoms with van der Waals surface area (Å²) in [6.45, 7) is 0. The molecule has 0 spiro atoms. The molecule has 3 nitrogen and oxygen atoms in total. The van der Waals surface area contributed by atoms with Crippen LogP contribution in [-0.4, -0.2) is 4.92 Å². The van der Waals surface area contributed by atoms with Gasteiger partial charge in [-0.05, 0) is 29.8 Å². The maximum Gasteiger partial charge on any atom is 0.277 e. The Kier molecular flexibility index (Phi) is 3.48. The molecule has 2 aromatic carbocycles. The summed E-state index contributed by atoms with van der Waals surface area (Å²) in [6, 6.07) is 14.2. The Labute approximate surface area is 103 Å². The summed E-state index contributed by atoms with van der Waals surface area (Å²) < 4.78 is 13.0. The smallest absolute Gasteiger partial charge is 0.258 e. The molecular formula is C14H10FNO2. The average molecular weight is 243 g/mol. The van der Waals surface area contributed by atoms with Crippen LogP contribution < -0.4 is 0 Å². The normalized spacial score (nSPS) is 11.3. The fraction of sp³-hybridized carbons (Fsp3) is 0. The maximum absolute atomic E-state index is 13.0. The van der Waals surface area contributed by atoms with Crippen molar-refractivity contribution >= 4 is 11.8 Å². The summed E-state index contributed by atoms with van der Waals surface area (Å²) in [7, 11) is 0. The Morgan fingerprint density at radius 2 is 1.83 bits per heavy atom. The predicted octanol–water partition coefficient (Wildman–Crippen LogP) is 3.60. The molecule has 0 saturated heterocycles. The van der Waals surface area contributed by atoms with E-state index in [1.165, 1.54) is 24.3 Å². The average Bonchev–Trinajstić information content (AvgIpc) is 2.37. The largest absolute Gasteiger partial charge is 0.277 e. The minimum absolute atomic E-state index is 0.0544. The summed E-state index contributed by atoms with van der Waals surface area (Å²) in [5, 5.41) is 11.0. The van der Waals surface area contributed by atoms with Gasteiger partial charge in [0.15, 0.2) is 0 Å². The van der Waals surface area contributed by atoms with Gasteiger partial charge < -0.3 is 0 Å². The van der Waals surface area contributed by atoms with Crippen molar-refractivity contribution < 1.29 is 9.31 Å². The van der Waals surface area contributed by atoms with Gasteiger partial charge in [-0.3, -0.25) is 10.1 Å². The molecular weight excluding hydrogens is 233 g/mol. The van der Waals surface area contributed by atoms with Crippen LogP contribution in [0.4, 0.5) is 4.39 Å². The van der Waals surface area contributed by atoms with E-state index >= 15 is 0 Å². The zero-order valence-electron chi connectivity index (χ0n) is 9.42. The molecule has 0 saturated carbocycles. The minimum Gasteiger partial charge on any atom is -0.258 e. The zero-order chi connectivity index (χ0) is 13.0. The van der Waals surface area contributed by atoms with Crippen LogP contribution in [-0.2, 0) is 0 Å². The molecule has 0 radical (unpaired) electrons. The van der Waals surface area contributed by atoms with E-state index in [2.05, 4.69) is 0 Å². The maximum atomic E-state index is 13.0. The van der Waals surface area contributed by atoms with Crippen molar-refractivity contribution in [1.29, 1.82) is 0 Å². The molecule has 0 fully saturated rings. The molecule has 0 unspecified atom stereocenters. The van der Waals surface area contributed by atoms with Crippen LogP contribution >= 0.6 is 0 Å². The SMILES string of the molecule is O=[N+]([O-])C(=Cc1cccc(F)c1)c1ccccc1. The van der Waals surface area contributed by atoms with Crippen molar-refractivity contribution in [2.24, 2.45) is 0 Å². The lowest BCUT2D eigenvalue weighted by Gasteiger charge is -1.99. The van der Waals surface area contributed by atoms with E-state index in [0.717, 1.165) is 0 Å². The number of benzene rings is 2. The lowest BCUT2D eigenvalue weighted by Crippen LogP contribution is -1.97. The first kappa shape index (κ1) is 12.0. The molecule has 18 heavy (non-hydrogen) atoms. The van der Waals surface area contributed by atoms with Gasteiger partial charge >= 0.3 is 0 Å². The summed E-state index contributed by atoms with van der Waals surface area (Å²) >= 11 is 0. The monoisotopic (exact) mass is 243 g/mol. The highest BCUT2D eigenvalue weighted by Crippen LogP contribution is 2.18. The fourth-order valence-corrected chi connectivity index (χ4v) is 1.60. The van der Waals surface area contributed by atoms with E-state index in [4.69, 9.17) is 0 Å². The van der Waals surface area contributed by atoms with Crippen LogP contribution in [0.15, 0.2) is 54.6 Å². The van der Waals surface area contributed by atoms with Crippen LogP contribution in [0.1, 0.15) is 11.1 Å². The topological polar surface area (TPSA) is 43.1 Å². The van der Waals surface area contributed by atoms with Crippen LogP contribution in [0.3, 0.4) is 0 Å². The molecule has 0 atom stereocenters. The van der Waals surface area contributed by atoms with E-state index in [1.807, 2.05) is 0 Å². The number of hydrogen-bond donors (Lipinski definition) is 0. The number of halogens is 1. The second-order valence-corrected chi connectivity index (χ2v) is 3.71. The Balaban J connectivity index is 2.46. The van der Waals surface area contributed by atoms with E-state index in [1.54, 1.807) is 36.4 Å². The summed E-state index contributed by atoms with van der Waals surface area (Å²) in [5.74, 6) is -0.417. The number of nitrogens with zero attached hydrogens (tertiary/aromatic N) is 1. The number of rotatable bonds is 3. The van der Waals surface area contributed by atoms with Crippen molar-refractivity contribution in [2.45, 2.75) is 0 Å². The van der Waals surface area contributed by atoms with Gasteiger partial charge in [-0.15, -0.1) is 0 Å². The van der Waals surface area contributed by atoms with Gasteiger partial charge in [-0.1, -0.05) is 30.3 Å². The second-order valence-electron chi connectivity index (χ2n) is 3.71. The fourth-order valence-electron chi connectivity index (χ4n) is 1.60. The second kappa shape index (κ2) is 5.23. The Morgan fingerprint density at radius 1 is 1.11 bits per heavy atom. The molecule has 0 bridgehead atoms. The number of hydrogen-bond acceptors (Lipinski definition) is 2. The van der Waals surface area contributed by atoms with Crippen molar-refractivity contribution in [3.05, 3.63) is 81.7 Å². The van der Waals surface area contributed by atoms with Crippen molar-refractivity contribution in [2.75, 3.05) is 0 Å². The first-order valence-electron chi connectivity index (χ1n) is 5.34. The molecule has 0 N–H and O–H groups in total. The minimum atomic E-state index is -0.472. The molecule has 0 amide bonds. The van der Waals surface area contributed by atoms with Gasteiger partial charge in [0.25, 0.3) is 5.70 Å².